The maximum absolute atomic E-state index is 12.3. The molecule has 2 aromatic rings. The van der Waals surface area contributed by atoms with Crippen LogP contribution in [-0.4, -0.2) is 39.0 Å². The molecule has 0 saturated carbocycles. The van der Waals surface area contributed by atoms with Gasteiger partial charge in [-0.25, -0.2) is 4.68 Å². The van der Waals surface area contributed by atoms with Gasteiger partial charge in [0.15, 0.2) is 5.69 Å². The minimum atomic E-state index is -0.224. The summed E-state index contributed by atoms with van der Waals surface area (Å²) in [5.41, 5.74) is 1.17. The summed E-state index contributed by atoms with van der Waals surface area (Å²) in [5.74, 6) is -0.224. The van der Waals surface area contributed by atoms with Crippen molar-refractivity contribution in [3.05, 3.63) is 42.0 Å². The van der Waals surface area contributed by atoms with E-state index in [-0.39, 0.29) is 11.9 Å². The zero-order chi connectivity index (χ0) is 15.4. The van der Waals surface area contributed by atoms with Crippen molar-refractivity contribution in [3.63, 3.8) is 0 Å². The highest BCUT2D eigenvalue weighted by molar-refractivity contribution is 5.92. The highest BCUT2D eigenvalue weighted by Gasteiger charge is 2.20. The van der Waals surface area contributed by atoms with Crippen LogP contribution in [0.5, 0.6) is 0 Å². The molecule has 0 radical (unpaired) electrons. The monoisotopic (exact) mass is 300 g/mol. The lowest BCUT2D eigenvalue weighted by atomic mass is 10.1. The predicted octanol–water partition coefficient (Wildman–Crippen LogP) is 1.09. The molecule has 1 fully saturated rings. The fourth-order valence-electron chi connectivity index (χ4n) is 2.61. The molecule has 2 N–H and O–H groups in total. The lowest BCUT2D eigenvalue weighted by molar-refractivity contribution is 0.0934. The van der Waals surface area contributed by atoms with Gasteiger partial charge in [-0.2, -0.15) is 0 Å². The van der Waals surface area contributed by atoms with Gasteiger partial charge in [0, 0.05) is 6.20 Å². The third-order valence-electron chi connectivity index (χ3n) is 3.90. The lowest BCUT2D eigenvalue weighted by Gasteiger charge is -2.22. The van der Waals surface area contributed by atoms with E-state index in [1.54, 1.807) is 17.1 Å². The first-order chi connectivity index (χ1) is 10.7. The van der Waals surface area contributed by atoms with E-state index in [0.29, 0.717) is 11.7 Å². The summed E-state index contributed by atoms with van der Waals surface area (Å²) < 4.78 is 1.81. The Morgan fingerprint density at radius 3 is 2.95 bits per heavy atom. The minimum Gasteiger partial charge on any atom is -0.342 e. The zero-order valence-electron chi connectivity index (χ0n) is 12.6. The zero-order valence-corrected chi connectivity index (χ0v) is 12.6. The van der Waals surface area contributed by atoms with E-state index in [1.807, 2.05) is 25.1 Å². The smallest absolute Gasteiger partial charge is 0.273 e. The van der Waals surface area contributed by atoms with E-state index < -0.39 is 0 Å². The topological polar surface area (TPSA) is 84.7 Å². The molecule has 2 aromatic heterocycles. The SMILES string of the molecule is CC(NC(=O)c1cn(C2CCNCC2)nn1)c1ccccn1. The first-order valence-corrected chi connectivity index (χ1v) is 7.58. The van der Waals surface area contributed by atoms with E-state index in [9.17, 15) is 4.79 Å². The summed E-state index contributed by atoms with van der Waals surface area (Å²) >= 11 is 0. The van der Waals surface area contributed by atoms with E-state index in [1.165, 1.54) is 0 Å². The second kappa shape index (κ2) is 6.65. The summed E-state index contributed by atoms with van der Waals surface area (Å²) in [4.78, 5) is 16.5. The molecule has 22 heavy (non-hydrogen) atoms. The predicted molar refractivity (Wildman–Crippen MR) is 81.3 cm³/mol. The average molecular weight is 300 g/mol. The second-order valence-corrected chi connectivity index (χ2v) is 5.51. The molecule has 7 nitrogen and oxygen atoms in total. The van der Waals surface area contributed by atoms with E-state index in [4.69, 9.17) is 0 Å². The molecule has 1 aliphatic rings. The second-order valence-electron chi connectivity index (χ2n) is 5.51. The maximum Gasteiger partial charge on any atom is 0.273 e. The number of nitrogens with zero attached hydrogens (tertiary/aromatic N) is 4. The number of amides is 1. The first kappa shape index (κ1) is 14.6. The number of pyridine rings is 1. The molecule has 1 atom stereocenters. The fraction of sp³-hybridized carbons (Fsp3) is 0.467. The number of nitrogens with one attached hydrogen (secondary N) is 2. The van der Waals surface area contributed by atoms with Crippen molar-refractivity contribution in [2.45, 2.75) is 31.8 Å². The molecule has 7 heteroatoms. The highest BCUT2D eigenvalue weighted by atomic mass is 16.2. The van der Waals surface area contributed by atoms with Gasteiger partial charge in [0.25, 0.3) is 5.91 Å². The fourth-order valence-corrected chi connectivity index (χ4v) is 2.61. The Morgan fingerprint density at radius 2 is 2.23 bits per heavy atom. The number of aromatic nitrogens is 4. The van der Waals surface area contributed by atoms with Gasteiger partial charge in [0.1, 0.15) is 0 Å². The van der Waals surface area contributed by atoms with Crippen molar-refractivity contribution in [1.82, 2.24) is 30.6 Å². The summed E-state index contributed by atoms with van der Waals surface area (Å²) in [6, 6.07) is 5.79. The van der Waals surface area contributed by atoms with Crippen LogP contribution in [0.2, 0.25) is 0 Å². The molecule has 3 heterocycles. The van der Waals surface area contributed by atoms with E-state index in [0.717, 1.165) is 31.6 Å². The highest BCUT2D eigenvalue weighted by Crippen LogP contribution is 2.17. The van der Waals surface area contributed by atoms with Crippen molar-refractivity contribution in [2.75, 3.05) is 13.1 Å². The Labute approximate surface area is 129 Å². The summed E-state index contributed by atoms with van der Waals surface area (Å²) in [6.07, 6.45) is 5.46. The van der Waals surface area contributed by atoms with Crippen molar-refractivity contribution in [3.8, 4) is 0 Å². The van der Waals surface area contributed by atoms with Gasteiger partial charge in [0.05, 0.1) is 24.0 Å². The molecule has 1 unspecified atom stereocenters. The van der Waals surface area contributed by atoms with Gasteiger partial charge in [0.2, 0.25) is 0 Å². The first-order valence-electron chi connectivity index (χ1n) is 7.58. The molecule has 0 aliphatic carbocycles. The van der Waals surface area contributed by atoms with Gasteiger partial charge in [-0.05, 0) is 45.0 Å². The Balaban J connectivity index is 1.64. The van der Waals surface area contributed by atoms with Crippen LogP contribution in [0.3, 0.4) is 0 Å². The normalized spacial score (nSPS) is 17.1. The molecule has 1 saturated heterocycles. The number of rotatable bonds is 4. The van der Waals surface area contributed by atoms with Gasteiger partial charge in [-0.1, -0.05) is 11.3 Å². The summed E-state index contributed by atoms with van der Waals surface area (Å²) in [5, 5.41) is 14.3. The van der Waals surface area contributed by atoms with Crippen molar-refractivity contribution < 1.29 is 4.79 Å². The van der Waals surface area contributed by atoms with Gasteiger partial charge < -0.3 is 10.6 Å². The average Bonchev–Trinajstić information content (AvgIpc) is 3.06. The largest absolute Gasteiger partial charge is 0.342 e. The van der Waals surface area contributed by atoms with Gasteiger partial charge >= 0.3 is 0 Å². The van der Waals surface area contributed by atoms with Crippen LogP contribution in [-0.2, 0) is 0 Å². The van der Waals surface area contributed by atoms with Gasteiger partial charge in [-0.3, -0.25) is 9.78 Å². The molecule has 1 amide bonds. The molecule has 116 valence electrons. The van der Waals surface area contributed by atoms with Crippen LogP contribution in [0.25, 0.3) is 0 Å². The summed E-state index contributed by atoms with van der Waals surface area (Å²) in [7, 11) is 0. The molecule has 0 aromatic carbocycles. The van der Waals surface area contributed by atoms with Crippen LogP contribution in [0.1, 0.15) is 48.0 Å². The number of hydrogen-bond donors (Lipinski definition) is 2. The quantitative estimate of drug-likeness (QED) is 0.883. The molecular weight excluding hydrogens is 280 g/mol. The Hall–Kier alpha value is -2.28. The number of carbonyl (C=O) groups is 1. The van der Waals surface area contributed by atoms with Crippen LogP contribution < -0.4 is 10.6 Å². The van der Waals surface area contributed by atoms with Crippen LogP contribution in [0.15, 0.2) is 30.6 Å². The summed E-state index contributed by atoms with van der Waals surface area (Å²) in [6.45, 7) is 3.85. The third-order valence-corrected chi connectivity index (χ3v) is 3.90. The molecule has 3 rings (SSSR count). The Bertz CT molecular complexity index is 620. The van der Waals surface area contributed by atoms with Crippen molar-refractivity contribution >= 4 is 5.91 Å². The maximum atomic E-state index is 12.3. The molecule has 0 spiro atoms. The molecule has 0 bridgehead atoms. The lowest BCUT2D eigenvalue weighted by Crippen LogP contribution is -2.29. The van der Waals surface area contributed by atoms with Crippen LogP contribution in [0.4, 0.5) is 0 Å². The third kappa shape index (κ3) is 3.30. The van der Waals surface area contributed by atoms with E-state index >= 15 is 0 Å². The van der Waals surface area contributed by atoms with Crippen LogP contribution >= 0.6 is 0 Å². The Morgan fingerprint density at radius 1 is 1.41 bits per heavy atom. The van der Waals surface area contributed by atoms with E-state index in [2.05, 4.69) is 25.9 Å². The molecular formula is C15H20N6O. The van der Waals surface area contributed by atoms with Crippen molar-refractivity contribution in [1.29, 1.82) is 0 Å². The Kier molecular flexibility index (Phi) is 4.43. The van der Waals surface area contributed by atoms with Crippen LogP contribution in [0, 0.1) is 0 Å². The number of piperidine rings is 1. The molecule has 1 aliphatic heterocycles. The van der Waals surface area contributed by atoms with Crippen molar-refractivity contribution in [2.24, 2.45) is 0 Å². The van der Waals surface area contributed by atoms with Gasteiger partial charge in [-0.15, -0.1) is 5.10 Å². The standard InChI is InChI=1S/C15H20N6O/c1-11(13-4-2-3-7-17-13)18-15(22)14-10-21(20-19-14)12-5-8-16-9-6-12/h2-4,7,10-12,16H,5-6,8-9H2,1H3,(H,18,22). The number of carbonyl (C=O) groups excluding carboxylic acids is 1. The number of hydrogen-bond acceptors (Lipinski definition) is 5. The minimum absolute atomic E-state index is 0.169.